The van der Waals surface area contributed by atoms with Crippen molar-refractivity contribution in [2.45, 2.75) is 19.8 Å². The topological polar surface area (TPSA) is 46.5 Å². The van der Waals surface area contributed by atoms with Gasteiger partial charge >= 0.3 is 5.97 Å². The SMILES string of the molecule is CCCCOc1cc(C(=O)O)ccc1Cl. The Morgan fingerprint density at radius 3 is 2.87 bits per heavy atom. The highest BCUT2D eigenvalue weighted by Crippen LogP contribution is 2.25. The summed E-state index contributed by atoms with van der Waals surface area (Å²) in [6, 6.07) is 4.43. The Hall–Kier alpha value is -1.22. The van der Waals surface area contributed by atoms with Crippen molar-refractivity contribution in [3.05, 3.63) is 28.8 Å². The van der Waals surface area contributed by atoms with E-state index in [1.165, 1.54) is 18.2 Å². The zero-order valence-corrected chi connectivity index (χ0v) is 9.25. The summed E-state index contributed by atoms with van der Waals surface area (Å²) < 4.78 is 5.37. The highest BCUT2D eigenvalue weighted by Gasteiger charge is 2.07. The molecule has 0 fully saturated rings. The molecule has 0 aliphatic carbocycles. The Morgan fingerprint density at radius 2 is 2.27 bits per heavy atom. The second-order valence-electron chi connectivity index (χ2n) is 3.15. The number of rotatable bonds is 5. The lowest BCUT2D eigenvalue weighted by atomic mass is 10.2. The first kappa shape index (κ1) is 11.9. The van der Waals surface area contributed by atoms with Gasteiger partial charge in [-0.3, -0.25) is 0 Å². The molecule has 1 aromatic carbocycles. The number of carbonyl (C=O) groups is 1. The van der Waals surface area contributed by atoms with Gasteiger partial charge in [0.15, 0.2) is 0 Å². The van der Waals surface area contributed by atoms with Gasteiger partial charge in [-0.25, -0.2) is 4.79 Å². The van der Waals surface area contributed by atoms with E-state index in [9.17, 15) is 4.79 Å². The number of aromatic carboxylic acids is 1. The van der Waals surface area contributed by atoms with Crippen LogP contribution in [0.5, 0.6) is 5.75 Å². The number of ether oxygens (including phenoxy) is 1. The number of carboxylic acids is 1. The summed E-state index contributed by atoms with van der Waals surface area (Å²) in [6.07, 6.45) is 1.95. The van der Waals surface area contributed by atoms with Crippen molar-refractivity contribution < 1.29 is 14.6 Å². The summed E-state index contributed by atoms with van der Waals surface area (Å²) in [5.74, 6) is -0.544. The molecule has 0 bridgehead atoms. The Labute approximate surface area is 93.6 Å². The van der Waals surface area contributed by atoms with Gasteiger partial charge in [0.1, 0.15) is 5.75 Å². The zero-order chi connectivity index (χ0) is 11.3. The van der Waals surface area contributed by atoms with Crippen LogP contribution < -0.4 is 4.74 Å². The molecule has 0 aliphatic heterocycles. The molecular weight excluding hydrogens is 216 g/mol. The largest absolute Gasteiger partial charge is 0.492 e. The number of halogens is 1. The van der Waals surface area contributed by atoms with Gasteiger partial charge in [-0.1, -0.05) is 24.9 Å². The number of carboxylic acid groups (broad SMARTS) is 1. The first-order valence-corrected chi connectivity index (χ1v) is 5.18. The maximum atomic E-state index is 10.7. The van der Waals surface area contributed by atoms with Crippen molar-refractivity contribution in [1.82, 2.24) is 0 Å². The van der Waals surface area contributed by atoms with Crippen molar-refractivity contribution in [2.24, 2.45) is 0 Å². The number of hydrogen-bond donors (Lipinski definition) is 1. The predicted octanol–water partition coefficient (Wildman–Crippen LogP) is 3.22. The zero-order valence-electron chi connectivity index (χ0n) is 8.50. The molecule has 1 N–H and O–H groups in total. The summed E-state index contributed by atoms with van der Waals surface area (Å²) in [5.41, 5.74) is 0.186. The number of hydrogen-bond acceptors (Lipinski definition) is 2. The first-order valence-electron chi connectivity index (χ1n) is 4.80. The van der Waals surface area contributed by atoms with Gasteiger partial charge in [0.05, 0.1) is 17.2 Å². The molecule has 0 heterocycles. The predicted molar refractivity (Wildman–Crippen MR) is 58.8 cm³/mol. The van der Waals surface area contributed by atoms with Gasteiger partial charge in [-0.05, 0) is 24.6 Å². The highest BCUT2D eigenvalue weighted by atomic mass is 35.5. The molecule has 0 unspecified atom stereocenters. The van der Waals surface area contributed by atoms with Crippen LogP contribution in [0.25, 0.3) is 0 Å². The van der Waals surface area contributed by atoms with Crippen LogP contribution in [0.2, 0.25) is 5.02 Å². The Kier molecular flexibility index (Phi) is 4.43. The van der Waals surface area contributed by atoms with E-state index in [2.05, 4.69) is 6.92 Å². The lowest BCUT2D eigenvalue weighted by Crippen LogP contribution is -2.00. The van der Waals surface area contributed by atoms with Gasteiger partial charge in [0, 0.05) is 0 Å². The van der Waals surface area contributed by atoms with Crippen LogP contribution in [0.15, 0.2) is 18.2 Å². The van der Waals surface area contributed by atoms with E-state index in [1.54, 1.807) is 0 Å². The van der Waals surface area contributed by atoms with Crippen molar-refractivity contribution in [2.75, 3.05) is 6.61 Å². The molecule has 0 radical (unpaired) electrons. The quantitative estimate of drug-likeness (QED) is 0.788. The fraction of sp³-hybridized carbons (Fsp3) is 0.364. The van der Waals surface area contributed by atoms with Crippen LogP contribution in [0.4, 0.5) is 0 Å². The molecular formula is C11H13ClO3. The van der Waals surface area contributed by atoms with Crippen LogP contribution in [-0.2, 0) is 0 Å². The molecule has 3 nitrogen and oxygen atoms in total. The van der Waals surface area contributed by atoms with E-state index >= 15 is 0 Å². The summed E-state index contributed by atoms with van der Waals surface area (Å²) >= 11 is 5.86. The molecule has 0 spiro atoms. The van der Waals surface area contributed by atoms with Gasteiger partial charge in [0.2, 0.25) is 0 Å². The van der Waals surface area contributed by atoms with E-state index in [4.69, 9.17) is 21.4 Å². The molecule has 1 rings (SSSR count). The minimum absolute atomic E-state index is 0.186. The van der Waals surface area contributed by atoms with Crippen molar-refractivity contribution in [3.8, 4) is 5.75 Å². The van der Waals surface area contributed by atoms with Gasteiger partial charge < -0.3 is 9.84 Å². The molecule has 0 saturated carbocycles. The second-order valence-corrected chi connectivity index (χ2v) is 3.56. The van der Waals surface area contributed by atoms with E-state index in [-0.39, 0.29) is 5.56 Å². The molecule has 0 aromatic heterocycles. The highest BCUT2D eigenvalue weighted by molar-refractivity contribution is 6.32. The van der Waals surface area contributed by atoms with E-state index in [1.807, 2.05) is 0 Å². The van der Waals surface area contributed by atoms with Crippen LogP contribution in [0, 0.1) is 0 Å². The van der Waals surface area contributed by atoms with Crippen LogP contribution >= 0.6 is 11.6 Å². The fourth-order valence-corrected chi connectivity index (χ4v) is 1.25. The second kappa shape index (κ2) is 5.61. The van der Waals surface area contributed by atoms with Gasteiger partial charge in [-0.2, -0.15) is 0 Å². The Bertz CT molecular complexity index is 350. The molecule has 82 valence electrons. The smallest absolute Gasteiger partial charge is 0.335 e. The minimum Gasteiger partial charge on any atom is -0.492 e. The average molecular weight is 229 g/mol. The number of unbranched alkanes of at least 4 members (excludes halogenated alkanes) is 1. The van der Waals surface area contributed by atoms with Crippen LogP contribution in [-0.4, -0.2) is 17.7 Å². The molecule has 0 saturated heterocycles. The third-order valence-electron chi connectivity index (χ3n) is 1.93. The minimum atomic E-state index is -0.980. The van der Waals surface area contributed by atoms with Crippen molar-refractivity contribution >= 4 is 17.6 Å². The fourth-order valence-electron chi connectivity index (χ4n) is 1.07. The molecule has 0 aliphatic rings. The molecule has 0 amide bonds. The monoisotopic (exact) mass is 228 g/mol. The number of benzene rings is 1. The maximum absolute atomic E-state index is 10.7. The standard InChI is InChI=1S/C11H13ClO3/c1-2-3-6-15-10-7-8(11(13)14)4-5-9(10)12/h4-5,7H,2-3,6H2,1H3,(H,13,14). The van der Waals surface area contributed by atoms with E-state index < -0.39 is 5.97 Å². The van der Waals surface area contributed by atoms with Crippen LogP contribution in [0.3, 0.4) is 0 Å². The summed E-state index contributed by atoms with van der Waals surface area (Å²) in [4.78, 5) is 10.7. The summed E-state index contributed by atoms with van der Waals surface area (Å²) in [5, 5.41) is 9.21. The van der Waals surface area contributed by atoms with Gasteiger partial charge in [0.25, 0.3) is 0 Å². The Balaban J connectivity index is 2.76. The maximum Gasteiger partial charge on any atom is 0.335 e. The lowest BCUT2D eigenvalue weighted by Gasteiger charge is -2.07. The summed E-state index contributed by atoms with van der Waals surface area (Å²) in [6.45, 7) is 2.61. The molecule has 0 atom stereocenters. The van der Waals surface area contributed by atoms with Crippen molar-refractivity contribution in [3.63, 3.8) is 0 Å². The normalized spacial score (nSPS) is 10.0. The third kappa shape index (κ3) is 3.44. The summed E-state index contributed by atoms with van der Waals surface area (Å²) in [7, 11) is 0. The van der Waals surface area contributed by atoms with E-state index in [0.29, 0.717) is 17.4 Å². The van der Waals surface area contributed by atoms with Gasteiger partial charge in [-0.15, -0.1) is 0 Å². The Morgan fingerprint density at radius 1 is 1.53 bits per heavy atom. The lowest BCUT2D eigenvalue weighted by molar-refractivity contribution is 0.0696. The van der Waals surface area contributed by atoms with Crippen LogP contribution in [0.1, 0.15) is 30.1 Å². The van der Waals surface area contributed by atoms with Crippen molar-refractivity contribution in [1.29, 1.82) is 0 Å². The average Bonchev–Trinajstić information content (AvgIpc) is 2.20. The van der Waals surface area contributed by atoms with E-state index in [0.717, 1.165) is 12.8 Å². The third-order valence-corrected chi connectivity index (χ3v) is 2.25. The molecule has 4 heteroatoms. The first-order chi connectivity index (χ1) is 7.15. The molecule has 15 heavy (non-hydrogen) atoms. The molecule has 1 aromatic rings.